The molecule has 0 aliphatic rings. The van der Waals surface area contributed by atoms with E-state index in [9.17, 15) is 0 Å². The number of azo groups is 1. The van der Waals surface area contributed by atoms with Crippen LogP contribution in [0.2, 0.25) is 0 Å². The van der Waals surface area contributed by atoms with Gasteiger partial charge in [0.05, 0.1) is 0 Å². The predicted molar refractivity (Wildman–Crippen MR) is 90.3 cm³/mol. The Hall–Kier alpha value is -1.43. The average Bonchev–Trinajstić information content (AvgIpc) is 2.39. The molecule has 0 bridgehead atoms. The zero-order chi connectivity index (χ0) is 16.3. The van der Waals surface area contributed by atoms with Crippen molar-refractivity contribution in [2.75, 3.05) is 21.1 Å². The van der Waals surface area contributed by atoms with Crippen molar-refractivity contribution in [1.29, 1.82) is 0 Å². The minimum Gasteiger partial charge on any atom is -0.298 e. The van der Waals surface area contributed by atoms with Gasteiger partial charge in [-0.25, -0.2) is 0 Å². The minimum atomic E-state index is 1.13. The lowest BCUT2D eigenvalue weighted by Gasteiger charge is -1.88. The average molecular weight is 267 g/mol. The van der Waals surface area contributed by atoms with Crippen molar-refractivity contribution in [1.82, 2.24) is 0 Å². The third-order valence-electron chi connectivity index (χ3n) is 1.90. The van der Waals surface area contributed by atoms with Gasteiger partial charge in [0, 0.05) is 26.9 Å². The Morgan fingerprint density at radius 1 is 0.632 bits per heavy atom. The second kappa shape index (κ2) is 25.4. The topological polar surface area (TPSA) is 37.1 Å². The van der Waals surface area contributed by atoms with Crippen molar-refractivity contribution in [3.8, 4) is 11.8 Å². The summed E-state index contributed by atoms with van der Waals surface area (Å²) in [5, 5.41) is 6.72. The first-order valence-electron chi connectivity index (χ1n) is 6.27. The van der Waals surface area contributed by atoms with E-state index in [1.54, 1.807) is 21.1 Å². The number of allylic oxidation sites excluding steroid dienone is 2. The molecule has 0 aromatic rings. The molecule has 112 valence electrons. The quantitative estimate of drug-likeness (QED) is 0.251. The molecule has 0 N–H and O–H groups in total. The van der Waals surface area contributed by atoms with Crippen molar-refractivity contribution in [2.45, 2.75) is 55.4 Å². The molecule has 0 amide bonds. The van der Waals surface area contributed by atoms with Crippen molar-refractivity contribution in [2.24, 2.45) is 15.2 Å². The zero-order valence-electron chi connectivity index (χ0n) is 14.8. The summed E-state index contributed by atoms with van der Waals surface area (Å²) in [5.41, 5.74) is 3.98. The van der Waals surface area contributed by atoms with Gasteiger partial charge in [-0.15, -0.1) is 11.8 Å². The molecule has 3 nitrogen and oxygen atoms in total. The number of rotatable bonds is 0. The van der Waals surface area contributed by atoms with Crippen LogP contribution in [0.25, 0.3) is 0 Å². The SMILES string of the molecule is CC#CC.CC(C)=C(C)C.CN=C(C)C.CN=NC. The van der Waals surface area contributed by atoms with Crippen LogP contribution in [0.3, 0.4) is 0 Å². The molecule has 0 saturated carbocycles. The van der Waals surface area contributed by atoms with Gasteiger partial charge in [0.25, 0.3) is 0 Å². The van der Waals surface area contributed by atoms with Gasteiger partial charge in [0.15, 0.2) is 0 Å². The van der Waals surface area contributed by atoms with E-state index >= 15 is 0 Å². The van der Waals surface area contributed by atoms with E-state index in [0.717, 1.165) is 5.71 Å². The molecule has 0 radical (unpaired) electrons. The predicted octanol–water partition coefficient (Wildman–Crippen LogP) is 5.19. The second-order valence-corrected chi connectivity index (χ2v) is 4.07. The van der Waals surface area contributed by atoms with E-state index in [4.69, 9.17) is 0 Å². The van der Waals surface area contributed by atoms with Crippen LogP contribution in [-0.2, 0) is 0 Å². The molecular weight excluding hydrogens is 234 g/mol. The van der Waals surface area contributed by atoms with E-state index in [-0.39, 0.29) is 0 Å². The molecule has 0 aromatic heterocycles. The highest BCUT2D eigenvalue weighted by atomic mass is 15.0. The molecule has 0 atom stereocenters. The van der Waals surface area contributed by atoms with Crippen molar-refractivity contribution in [3.05, 3.63) is 11.1 Å². The Morgan fingerprint density at radius 3 is 0.842 bits per heavy atom. The van der Waals surface area contributed by atoms with Crippen LogP contribution in [-0.4, -0.2) is 26.9 Å². The molecule has 0 unspecified atom stereocenters. The highest BCUT2D eigenvalue weighted by Gasteiger charge is 1.75. The van der Waals surface area contributed by atoms with Gasteiger partial charge in [0.2, 0.25) is 0 Å². The molecular formula is C16H33N3. The standard InChI is InChI=1S/C6H12.C4H9N.C4H6.C2H6N2/c1-5(2)6(3)4;1-4(2)5-3;2*1-3-4-2/h1-4H3;1-3H3;2*1-2H3. The Morgan fingerprint density at radius 2 is 0.842 bits per heavy atom. The van der Waals surface area contributed by atoms with E-state index in [0.29, 0.717) is 0 Å². The van der Waals surface area contributed by atoms with E-state index in [1.807, 2.05) is 27.7 Å². The fraction of sp³-hybridized carbons (Fsp3) is 0.688. The van der Waals surface area contributed by atoms with Crippen LogP contribution in [0.15, 0.2) is 26.4 Å². The van der Waals surface area contributed by atoms with Gasteiger partial charge in [-0.05, 0) is 55.4 Å². The molecule has 3 heteroatoms. The van der Waals surface area contributed by atoms with E-state index < -0.39 is 0 Å². The summed E-state index contributed by atoms with van der Waals surface area (Å²) in [4.78, 5) is 3.81. The number of hydrogen-bond acceptors (Lipinski definition) is 3. The largest absolute Gasteiger partial charge is 0.298 e. The molecule has 19 heavy (non-hydrogen) atoms. The molecule has 0 aliphatic carbocycles. The summed E-state index contributed by atoms with van der Waals surface area (Å²) in [5.74, 6) is 5.36. The van der Waals surface area contributed by atoms with Crippen LogP contribution in [0.5, 0.6) is 0 Å². The lowest BCUT2D eigenvalue weighted by atomic mass is 10.2. The fourth-order valence-electron chi connectivity index (χ4n) is 0. The summed E-state index contributed by atoms with van der Waals surface area (Å²) in [6.45, 7) is 16.1. The first kappa shape index (κ1) is 26.2. The van der Waals surface area contributed by atoms with Crippen molar-refractivity contribution >= 4 is 5.71 Å². The van der Waals surface area contributed by atoms with E-state index in [2.05, 4.69) is 54.8 Å². The summed E-state index contributed by atoms with van der Waals surface area (Å²) in [6.07, 6.45) is 0. The van der Waals surface area contributed by atoms with Crippen molar-refractivity contribution in [3.63, 3.8) is 0 Å². The van der Waals surface area contributed by atoms with Gasteiger partial charge in [-0.2, -0.15) is 10.2 Å². The molecule has 0 rings (SSSR count). The number of nitrogens with zero attached hydrogens (tertiary/aromatic N) is 3. The Bertz CT molecular complexity index is 281. The van der Waals surface area contributed by atoms with Crippen LogP contribution >= 0.6 is 0 Å². The molecule has 0 aromatic carbocycles. The maximum Gasteiger partial charge on any atom is 0.0487 e. The van der Waals surface area contributed by atoms with Gasteiger partial charge < -0.3 is 0 Å². The number of hydrogen-bond donors (Lipinski definition) is 0. The van der Waals surface area contributed by atoms with Crippen molar-refractivity contribution < 1.29 is 0 Å². The smallest absolute Gasteiger partial charge is 0.0487 e. The van der Waals surface area contributed by atoms with Crippen LogP contribution in [0.1, 0.15) is 55.4 Å². The first-order chi connectivity index (χ1) is 8.74. The van der Waals surface area contributed by atoms with E-state index in [1.165, 1.54) is 11.1 Å². The van der Waals surface area contributed by atoms with Crippen LogP contribution in [0.4, 0.5) is 0 Å². The first-order valence-corrected chi connectivity index (χ1v) is 6.27. The summed E-state index contributed by atoms with van der Waals surface area (Å²) >= 11 is 0. The summed E-state index contributed by atoms with van der Waals surface area (Å²) in [6, 6.07) is 0. The third-order valence-corrected chi connectivity index (χ3v) is 1.90. The molecule has 0 heterocycles. The maximum absolute atomic E-state index is 3.81. The monoisotopic (exact) mass is 267 g/mol. The number of aliphatic imine (C=N–C) groups is 1. The van der Waals surface area contributed by atoms with Gasteiger partial charge >= 0.3 is 0 Å². The Labute approximate surface area is 121 Å². The fourth-order valence-corrected chi connectivity index (χ4v) is 0. The molecule has 0 fully saturated rings. The summed E-state index contributed by atoms with van der Waals surface area (Å²) < 4.78 is 0. The third kappa shape index (κ3) is 81.5. The van der Waals surface area contributed by atoms with Crippen LogP contribution in [0, 0.1) is 11.8 Å². The van der Waals surface area contributed by atoms with Gasteiger partial charge in [-0.1, -0.05) is 11.1 Å². The maximum atomic E-state index is 3.81. The highest BCUT2D eigenvalue weighted by Crippen LogP contribution is 1.96. The Balaban J connectivity index is -0.0000000803. The highest BCUT2D eigenvalue weighted by molar-refractivity contribution is 5.78. The van der Waals surface area contributed by atoms with Gasteiger partial charge in [-0.3, -0.25) is 4.99 Å². The lowest BCUT2D eigenvalue weighted by molar-refractivity contribution is 1.11. The molecule has 0 saturated heterocycles. The van der Waals surface area contributed by atoms with Gasteiger partial charge in [0.1, 0.15) is 0 Å². The van der Waals surface area contributed by atoms with Crippen LogP contribution < -0.4 is 0 Å². The second-order valence-electron chi connectivity index (χ2n) is 4.07. The lowest BCUT2D eigenvalue weighted by Crippen LogP contribution is -1.74. The molecule has 0 aliphatic heterocycles. The zero-order valence-corrected chi connectivity index (χ0v) is 14.8. The minimum absolute atomic E-state index is 1.13. The molecule has 0 spiro atoms. The summed E-state index contributed by atoms with van der Waals surface area (Å²) in [7, 11) is 5.06. The normalized spacial score (nSPS) is 7.11. The Kier molecular flexibility index (Phi) is 35.1.